The van der Waals surface area contributed by atoms with Gasteiger partial charge in [-0.25, -0.2) is 4.98 Å². The molecule has 1 heterocycles. The topological polar surface area (TPSA) is 31.9 Å². The fourth-order valence-corrected chi connectivity index (χ4v) is 1.29. The zero-order valence-corrected chi connectivity index (χ0v) is 7.88. The molecule has 0 amide bonds. The zero-order chi connectivity index (χ0) is 8.81. The van der Waals surface area contributed by atoms with Crippen LogP contribution in [0.25, 0.3) is 0 Å². The smallest absolute Gasteiger partial charge is 0.202 e. The fourth-order valence-electron chi connectivity index (χ4n) is 1.29. The minimum Gasteiger partial charge on any atom is -0.342 e. The van der Waals surface area contributed by atoms with Gasteiger partial charge in [-0.05, 0) is 12.8 Å². The summed E-state index contributed by atoms with van der Waals surface area (Å²) in [4.78, 5) is 9.62. The zero-order valence-electron chi connectivity index (χ0n) is 7.88. The van der Waals surface area contributed by atoms with Gasteiger partial charge in [0.15, 0.2) is 0 Å². The van der Waals surface area contributed by atoms with Crippen molar-refractivity contribution in [3.8, 4) is 0 Å². The number of nitrogens with zero attached hydrogens (tertiary/aromatic N) is 2. The quantitative estimate of drug-likeness (QED) is 0.727. The lowest BCUT2D eigenvalue weighted by Crippen LogP contribution is -2.25. The second-order valence-corrected chi connectivity index (χ2v) is 2.90. The van der Waals surface area contributed by atoms with Crippen molar-refractivity contribution in [2.75, 3.05) is 18.0 Å². The molecule has 0 aliphatic carbocycles. The monoisotopic (exact) mass is 167 g/mol. The first-order chi connectivity index (χ1) is 5.88. The second kappa shape index (κ2) is 4.80. The van der Waals surface area contributed by atoms with Gasteiger partial charge in [0.25, 0.3) is 0 Å². The van der Waals surface area contributed by atoms with E-state index in [0.29, 0.717) is 0 Å². The number of hydrogen-bond donors (Lipinski definition) is 1. The molecule has 0 aliphatic heterocycles. The first-order valence-corrected chi connectivity index (χ1v) is 4.62. The number of imidazole rings is 1. The Labute approximate surface area is 73.8 Å². The number of hydrogen-bond acceptors (Lipinski definition) is 2. The van der Waals surface area contributed by atoms with Gasteiger partial charge >= 0.3 is 0 Å². The highest BCUT2D eigenvalue weighted by molar-refractivity contribution is 5.28. The van der Waals surface area contributed by atoms with Gasteiger partial charge in [0.2, 0.25) is 5.95 Å². The highest BCUT2D eigenvalue weighted by atomic mass is 15.2. The molecule has 0 saturated heterocycles. The van der Waals surface area contributed by atoms with E-state index in [-0.39, 0.29) is 0 Å². The lowest BCUT2D eigenvalue weighted by atomic mass is 10.4. The van der Waals surface area contributed by atoms with Crippen molar-refractivity contribution >= 4 is 5.95 Å². The molecule has 0 atom stereocenters. The van der Waals surface area contributed by atoms with E-state index in [1.807, 2.05) is 6.20 Å². The average Bonchev–Trinajstić information content (AvgIpc) is 2.56. The Hall–Kier alpha value is -0.990. The molecule has 0 radical (unpaired) electrons. The summed E-state index contributed by atoms with van der Waals surface area (Å²) in [6, 6.07) is 0. The van der Waals surface area contributed by atoms with Gasteiger partial charge in [0.05, 0.1) is 0 Å². The molecule has 1 rings (SSSR count). The van der Waals surface area contributed by atoms with Crippen LogP contribution < -0.4 is 4.90 Å². The lowest BCUT2D eigenvalue weighted by molar-refractivity contribution is 0.726. The van der Waals surface area contributed by atoms with Crippen LogP contribution in [-0.4, -0.2) is 23.1 Å². The Kier molecular flexibility index (Phi) is 3.64. The van der Waals surface area contributed by atoms with Crippen LogP contribution in [0.3, 0.4) is 0 Å². The molecule has 1 aromatic heterocycles. The Morgan fingerprint density at radius 3 is 2.42 bits per heavy atom. The summed E-state index contributed by atoms with van der Waals surface area (Å²) in [7, 11) is 0. The predicted molar refractivity (Wildman–Crippen MR) is 51.4 cm³/mol. The van der Waals surface area contributed by atoms with E-state index < -0.39 is 0 Å². The SMILES string of the molecule is CCCN(CCC)c1ncc[nH]1. The van der Waals surface area contributed by atoms with Crippen LogP contribution in [0.15, 0.2) is 12.4 Å². The summed E-state index contributed by atoms with van der Waals surface area (Å²) in [5.74, 6) is 0.999. The summed E-state index contributed by atoms with van der Waals surface area (Å²) >= 11 is 0. The molecule has 0 spiro atoms. The minimum atomic E-state index is 0.999. The molecule has 68 valence electrons. The van der Waals surface area contributed by atoms with Gasteiger partial charge in [0.1, 0.15) is 0 Å². The molecular weight excluding hydrogens is 150 g/mol. The number of rotatable bonds is 5. The van der Waals surface area contributed by atoms with Gasteiger partial charge in [-0.1, -0.05) is 13.8 Å². The molecule has 1 N–H and O–H groups in total. The van der Waals surface area contributed by atoms with Crippen molar-refractivity contribution in [3.63, 3.8) is 0 Å². The van der Waals surface area contributed by atoms with Gasteiger partial charge in [-0.3, -0.25) is 0 Å². The standard InChI is InChI=1S/C9H17N3/c1-3-7-12(8-4-2)9-10-5-6-11-9/h5-6H,3-4,7-8H2,1-2H3,(H,10,11). The fraction of sp³-hybridized carbons (Fsp3) is 0.667. The van der Waals surface area contributed by atoms with Gasteiger partial charge in [-0.2, -0.15) is 0 Å². The van der Waals surface area contributed by atoms with E-state index in [9.17, 15) is 0 Å². The third kappa shape index (κ3) is 2.26. The Bertz CT molecular complexity index is 188. The second-order valence-electron chi connectivity index (χ2n) is 2.90. The van der Waals surface area contributed by atoms with Crippen LogP contribution >= 0.6 is 0 Å². The van der Waals surface area contributed by atoms with Crippen LogP contribution in [-0.2, 0) is 0 Å². The van der Waals surface area contributed by atoms with E-state index in [0.717, 1.165) is 19.0 Å². The number of H-pyrrole nitrogens is 1. The Morgan fingerprint density at radius 2 is 2.00 bits per heavy atom. The van der Waals surface area contributed by atoms with Crippen LogP contribution in [0.4, 0.5) is 5.95 Å². The summed E-state index contributed by atoms with van der Waals surface area (Å²) in [6.07, 6.45) is 6.00. The molecule has 1 aromatic rings. The first-order valence-electron chi connectivity index (χ1n) is 4.62. The number of anilines is 1. The summed E-state index contributed by atoms with van der Waals surface area (Å²) < 4.78 is 0. The van der Waals surface area contributed by atoms with E-state index in [4.69, 9.17) is 0 Å². The van der Waals surface area contributed by atoms with Crippen molar-refractivity contribution in [1.29, 1.82) is 0 Å². The first kappa shape index (κ1) is 9.10. The van der Waals surface area contributed by atoms with E-state index in [2.05, 4.69) is 28.7 Å². The van der Waals surface area contributed by atoms with Crippen LogP contribution in [0.2, 0.25) is 0 Å². The minimum absolute atomic E-state index is 0.999. The molecule has 0 bridgehead atoms. The molecule has 0 aromatic carbocycles. The lowest BCUT2D eigenvalue weighted by Gasteiger charge is -2.19. The highest BCUT2D eigenvalue weighted by Crippen LogP contribution is 2.06. The molecule has 12 heavy (non-hydrogen) atoms. The molecule has 0 saturated carbocycles. The maximum Gasteiger partial charge on any atom is 0.202 e. The molecule has 3 heteroatoms. The predicted octanol–water partition coefficient (Wildman–Crippen LogP) is 2.04. The number of nitrogens with one attached hydrogen (secondary N) is 1. The third-order valence-corrected chi connectivity index (χ3v) is 1.77. The molecular formula is C9H17N3. The van der Waals surface area contributed by atoms with Crippen molar-refractivity contribution in [2.24, 2.45) is 0 Å². The van der Waals surface area contributed by atoms with E-state index in [1.54, 1.807) is 6.20 Å². The molecule has 0 unspecified atom stereocenters. The molecule has 0 aliphatic rings. The number of aromatic amines is 1. The molecule has 3 nitrogen and oxygen atoms in total. The maximum absolute atomic E-state index is 4.22. The van der Waals surface area contributed by atoms with Gasteiger partial charge in [-0.15, -0.1) is 0 Å². The van der Waals surface area contributed by atoms with Crippen molar-refractivity contribution in [3.05, 3.63) is 12.4 Å². The Balaban J connectivity index is 2.53. The van der Waals surface area contributed by atoms with Crippen LogP contribution in [0.1, 0.15) is 26.7 Å². The largest absolute Gasteiger partial charge is 0.342 e. The van der Waals surface area contributed by atoms with Crippen LogP contribution in [0.5, 0.6) is 0 Å². The summed E-state index contributed by atoms with van der Waals surface area (Å²) in [5.41, 5.74) is 0. The highest BCUT2D eigenvalue weighted by Gasteiger charge is 2.04. The number of aromatic nitrogens is 2. The third-order valence-electron chi connectivity index (χ3n) is 1.77. The van der Waals surface area contributed by atoms with E-state index >= 15 is 0 Å². The van der Waals surface area contributed by atoms with Crippen molar-refractivity contribution in [2.45, 2.75) is 26.7 Å². The van der Waals surface area contributed by atoms with Crippen LogP contribution in [0, 0.1) is 0 Å². The van der Waals surface area contributed by atoms with Gasteiger partial charge in [0, 0.05) is 25.5 Å². The Morgan fingerprint density at radius 1 is 1.33 bits per heavy atom. The van der Waals surface area contributed by atoms with E-state index in [1.165, 1.54) is 12.8 Å². The van der Waals surface area contributed by atoms with Crippen molar-refractivity contribution in [1.82, 2.24) is 9.97 Å². The maximum atomic E-state index is 4.22. The summed E-state index contributed by atoms with van der Waals surface area (Å²) in [6.45, 7) is 6.54. The summed E-state index contributed by atoms with van der Waals surface area (Å²) in [5, 5.41) is 0. The normalized spacial score (nSPS) is 10.2. The average molecular weight is 167 g/mol. The van der Waals surface area contributed by atoms with Crippen molar-refractivity contribution < 1.29 is 0 Å². The molecule has 0 fully saturated rings. The van der Waals surface area contributed by atoms with Gasteiger partial charge < -0.3 is 9.88 Å².